The van der Waals surface area contributed by atoms with E-state index >= 15 is 0 Å². The van der Waals surface area contributed by atoms with Crippen LogP contribution in [0.1, 0.15) is 44.1 Å². The summed E-state index contributed by atoms with van der Waals surface area (Å²) in [5.41, 5.74) is 1.11. The molecule has 0 radical (unpaired) electrons. The van der Waals surface area contributed by atoms with Gasteiger partial charge in [0.15, 0.2) is 5.96 Å². The molecular weight excluding hydrogens is 431 g/mol. The highest BCUT2D eigenvalue weighted by Gasteiger charge is 2.17. The fraction of sp³-hybridized carbons (Fsp3) is 0.667. The minimum atomic E-state index is 0. The van der Waals surface area contributed by atoms with Crippen LogP contribution in [0.15, 0.2) is 23.3 Å². The molecule has 2 heterocycles. The predicted octanol–water partition coefficient (Wildman–Crippen LogP) is 2.87. The van der Waals surface area contributed by atoms with E-state index in [1.165, 1.54) is 12.8 Å². The van der Waals surface area contributed by atoms with Crippen molar-refractivity contribution in [3.63, 3.8) is 0 Å². The van der Waals surface area contributed by atoms with Crippen molar-refractivity contribution in [2.75, 3.05) is 20.2 Å². The van der Waals surface area contributed by atoms with E-state index in [2.05, 4.69) is 26.7 Å². The van der Waals surface area contributed by atoms with Crippen LogP contribution in [0.5, 0.6) is 5.88 Å². The summed E-state index contributed by atoms with van der Waals surface area (Å²) in [7, 11) is 1.78. The van der Waals surface area contributed by atoms with Gasteiger partial charge in [-0.3, -0.25) is 4.99 Å². The third-order valence-electron chi connectivity index (χ3n) is 4.59. The van der Waals surface area contributed by atoms with Gasteiger partial charge in [-0.05, 0) is 44.1 Å². The predicted molar refractivity (Wildman–Crippen MR) is 110 cm³/mol. The van der Waals surface area contributed by atoms with E-state index in [1.807, 2.05) is 12.3 Å². The number of aliphatic imine (C=N–C) groups is 1. The number of hydrogen-bond donors (Lipinski definition) is 2. The highest BCUT2D eigenvalue weighted by Crippen LogP contribution is 2.22. The van der Waals surface area contributed by atoms with Gasteiger partial charge in [-0.1, -0.05) is 6.07 Å². The molecule has 7 heteroatoms. The molecule has 3 rings (SSSR count). The van der Waals surface area contributed by atoms with E-state index in [9.17, 15) is 0 Å². The zero-order chi connectivity index (χ0) is 16.6. The van der Waals surface area contributed by atoms with Crippen LogP contribution in [0.2, 0.25) is 0 Å². The van der Waals surface area contributed by atoms with E-state index in [0.29, 0.717) is 18.8 Å². The van der Waals surface area contributed by atoms with Crippen LogP contribution in [-0.2, 0) is 11.3 Å². The summed E-state index contributed by atoms with van der Waals surface area (Å²) in [4.78, 5) is 8.66. The highest BCUT2D eigenvalue weighted by atomic mass is 127. The Morgan fingerprint density at radius 3 is 2.72 bits per heavy atom. The molecule has 1 saturated carbocycles. The van der Waals surface area contributed by atoms with Crippen LogP contribution in [0.4, 0.5) is 0 Å². The zero-order valence-electron chi connectivity index (χ0n) is 14.9. The number of guanidine groups is 1. The number of pyridine rings is 1. The molecule has 1 aromatic rings. The number of rotatable bonds is 6. The van der Waals surface area contributed by atoms with Crippen molar-refractivity contribution in [2.45, 2.75) is 57.3 Å². The molecule has 1 aromatic heterocycles. The Morgan fingerprint density at radius 1 is 1.24 bits per heavy atom. The Balaban J connectivity index is 0.00000225. The van der Waals surface area contributed by atoms with Gasteiger partial charge in [-0.15, -0.1) is 24.0 Å². The largest absolute Gasteiger partial charge is 0.474 e. The van der Waals surface area contributed by atoms with Gasteiger partial charge in [0.25, 0.3) is 0 Å². The lowest BCUT2D eigenvalue weighted by molar-refractivity contribution is 0.114. The summed E-state index contributed by atoms with van der Waals surface area (Å²) in [5, 5.41) is 6.61. The molecule has 1 aliphatic heterocycles. The second kappa shape index (κ2) is 10.8. The number of ether oxygens (including phenoxy) is 2. The Bertz CT molecular complexity index is 526. The van der Waals surface area contributed by atoms with E-state index in [0.717, 1.165) is 56.2 Å². The van der Waals surface area contributed by atoms with Gasteiger partial charge in [0.1, 0.15) is 6.10 Å². The van der Waals surface area contributed by atoms with Crippen LogP contribution < -0.4 is 15.4 Å². The van der Waals surface area contributed by atoms with Gasteiger partial charge < -0.3 is 20.1 Å². The molecule has 6 nitrogen and oxygen atoms in total. The van der Waals surface area contributed by atoms with E-state index < -0.39 is 0 Å². The molecule has 0 bridgehead atoms. The van der Waals surface area contributed by atoms with Crippen LogP contribution in [0.3, 0.4) is 0 Å². The van der Waals surface area contributed by atoms with Gasteiger partial charge in [0, 0.05) is 39.0 Å². The summed E-state index contributed by atoms with van der Waals surface area (Å²) < 4.78 is 11.5. The molecule has 0 aromatic carbocycles. The summed E-state index contributed by atoms with van der Waals surface area (Å²) in [6.45, 7) is 2.35. The van der Waals surface area contributed by atoms with Gasteiger partial charge in [-0.2, -0.15) is 0 Å². The molecule has 2 N–H and O–H groups in total. The Hall–Kier alpha value is -1.09. The SMILES string of the molecule is CN=C(NCc1ccc(OC2CCCC2)nc1)NCC1CCCO1.I. The summed E-state index contributed by atoms with van der Waals surface area (Å²) in [6.07, 6.45) is 9.63. The molecule has 1 saturated heterocycles. The van der Waals surface area contributed by atoms with Crippen molar-refractivity contribution in [1.82, 2.24) is 15.6 Å². The Morgan fingerprint density at radius 2 is 2.08 bits per heavy atom. The minimum absolute atomic E-state index is 0. The first-order chi connectivity index (χ1) is 11.8. The molecule has 1 atom stereocenters. The molecule has 2 aliphatic rings. The quantitative estimate of drug-likeness (QED) is 0.388. The normalized spacial score (nSPS) is 21.0. The monoisotopic (exact) mass is 460 g/mol. The molecule has 140 valence electrons. The molecule has 1 unspecified atom stereocenters. The fourth-order valence-corrected chi connectivity index (χ4v) is 3.18. The van der Waals surface area contributed by atoms with Crippen LogP contribution >= 0.6 is 24.0 Å². The number of nitrogens with one attached hydrogen (secondary N) is 2. The Kier molecular flexibility index (Phi) is 8.74. The maximum absolute atomic E-state index is 5.89. The number of nitrogens with zero attached hydrogens (tertiary/aromatic N) is 2. The summed E-state index contributed by atoms with van der Waals surface area (Å²) in [5.74, 6) is 1.52. The van der Waals surface area contributed by atoms with Crippen molar-refractivity contribution < 1.29 is 9.47 Å². The van der Waals surface area contributed by atoms with Crippen LogP contribution in [-0.4, -0.2) is 43.4 Å². The molecule has 25 heavy (non-hydrogen) atoms. The first-order valence-electron chi connectivity index (χ1n) is 9.01. The third kappa shape index (κ3) is 6.62. The summed E-state index contributed by atoms with van der Waals surface area (Å²) in [6, 6.07) is 4.01. The van der Waals surface area contributed by atoms with E-state index in [1.54, 1.807) is 7.05 Å². The Labute approximate surface area is 167 Å². The second-order valence-electron chi connectivity index (χ2n) is 6.47. The lowest BCUT2D eigenvalue weighted by Crippen LogP contribution is -2.40. The first kappa shape index (κ1) is 20.2. The number of hydrogen-bond acceptors (Lipinski definition) is 4. The molecule has 0 amide bonds. The van der Waals surface area contributed by atoms with E-state index in [4.69, 9.17) is 9.47 Å². The molecule has 0 spiro atoms. The lowest BCUT2D eigenvalue weighted by atomic mass is 10.2. The average molecular weight is 460 g/mol. The van der Waals surface area contributed by atoms with Crippen LogP contribution in [0.25, 0.3) is 0 Å². The summed E-state index contributed by atoms with van der Waals surface area (Å²) >= 11 is 0. The minimum Gasteiger partial charge on any atom is -0.474 e. The van der Waals surface area contributed by atoms with Gasteiger partial charge in [-0.25, -0.2) is 4.98 Å². The van der Waals surface area contributed by atoms with Crippen molar-refractivity contribution in [2.24, 2.45) is 4.99 Å². The van der Waals surface area contributed by atoms with Crippen molar-refractivity contribution in [3.8, 4) is 5.88 Å². The molecule has 2 fully saturated rings. The molecule has 1 aliphatic carbocycles. The maximum atomic E-state index is 5.89. The fourth-order valence-electron chi connectivity index (χ4n) is 3.18. The number of halogens is 1. The zero-order valence-corrected chi connectivity index (χ0v) is 17.2. The second-order valence-corrected chi connectivity index (χ2v) is 6.47. The lowest BCUT2D eigenvalue weighted by Gasteiger charge is -2.15. The van der Waals surface area contributed by atoms with Crippen molar-refractivity contribution >= 4 is 29.9 Å². The van der Waals surface area contributed by atoms with Gasteiger partial charge in [0.2, 0.25) is 5.88 Å². The maximum Gasteiger partial charge on any atom is 0.213 e. The van der Waals surface area contributed by atoms with Crippen molar-refractivity contribution in [1.29, 1.82) is 0 Å². The highest BCUT2D eigenvalue weighted by molar-refractivity contribution is 14.0. The van der Waals surface area contributed by atoms with Gasteiger partial charge >= 0.3 is 0 Å². The smallest absolute Gasteiger partial charge is 0.213 e. The number of aromatic nitrogens is 1. The average Bonchev–Trinajstić information content (AvgIpc) is 3.30. The van der Waals surface area contributed by atoms with Gasteiger partial charge in [0.05, 0.1) is 6.10 Å². The molecular formula is C18H29IN4O2. The standard InChI is InChI=1S/C18H28N4O2.HI/c1-19-18(22-13-16-7-4-10-23-16)21-12-14-8-9-17(20-11-14)24-15-5-2-3-6-15;/h8-9,11,15-16H,2-7,10,12-13H2,1H3,(H2,19,21,22);1H. The van der Waals surface area contributed by atoms with Crippen LogP contribution in [0, 0.1) is 0 Å². The third-order valence-corrected chi connectivity index (χ3v) is 4.59. The topological polar surface area (TPSA) is 67.8 Å². The van der Waals surface area contributed by atoms with E-state index in [-0.39, 0.29) is 24.0 Å². The first-order valence-corrected chi connectivity index (χ1v) is 9.01. The van der Waals surface area contributed by atoms with Crippen molar-refractivity contribution in [3.05, 3.63) is 23.9 Å².